The molecular formula is C16H20MnN2O6. The number of aliphatic hydroxyl groups excluding tert-OH is 1. The first-order valence-corrected chi connectivity index (χ1v) is 7.74. The molecule has 0 unspecified atom stereocenters. The van der Waals surface area contributed by atoms with Crippen LogP contribution in [0.25, 0.3) is 0 Å². The number of aldehydes is 1. The Labute approximate surface area is 151 Å². The first kappa shape index (κ1) is 22.4. The monoisotopic (exact) mass is 391 g/mol. The third kappa shape index (κ3) is 8.16. The number of nitrogens with two attached hydrogens (primary N) is 2. The van der Waals surface area contributed by atoms with E-state index in [-0.39, 0.29) is 6.61 Å². The second-order valence-corrected chi connectivity index (χ2v) is 4.60. The van der Waals surface area contributed by atoms with E-state index in [0.29, 0.717) is 28.4 Å². The van der Waals surface area contributed by atoms with E-state index in [4.69, 9.17) is 33.7 Å². The van der Waals surface area contributed by atoms with Gasteiger partial charge < -0.3 is 26.0 Å². The Hall–Kier alpha value is -2.61. The van der Waals surface area contributed by atoms with Crippen molar-refractivity contribution in [2.75, 3.05) is 25.7 Å². The number of carbonyl (C=O) groups is 1. The van der Waals surface area contributed by atoms with Crippen LogP contribution in [0.15, 0.2) is 36.4 Å². The van der Waals surface area contributed by atoms with Crippen molar-refractivity contribution in [3.8, 4) is 11.5 Å². The maximum atomic E-state index is 10.3. The van der Waals surface area contributed by atoms with Crippen LogP contribution in [0, 0.1) is 0 Å². The van der Waals surface area contributed by atoms with Gasteiger partial charge in [0, 0.05) is 34.6 Å². The molecule has 137 valence electrons. The maximum absolute atomic E-state index is 10.3. The fourth-order valence-corrected chi connectivity index (χ4v) is 1.63. The number of nitrogen functional groups attached to an aromatic ring is 2. The molecular weight excluding hydrogens is 371 g/mol. The Morgan fingerprint density at radius 3 is 1.84 bits per heavy atom. The molecule has 0 bridgehead atoms. The third-order valence-corrected chi connectivity index (χ3v) is 2.94. The van der Waals surface area contributed by atoms with Crippen LogP contribution in [0.4, 0.5) is 11.4 Å². The quantitative estimate of drug-likeness (QED) is 0.405. The second-order valence-electron chi connectivity index (χ2n) is 4.40. The summed E-state index contributed by atoms with van der Waals surface area (Å²) in [4.78, 5) is 10.3. The molecule has 0 radical (unpaired) electrons. The van der Waals surface area contributed by atoms with Gasteiger partial charge in [-0.25, -0.2) is 0 Å². The topological polar surface area (TPSA) is 142 Å². The van der Waals surface area contributed by atoms with Crippen molar-refractivity contribution in [1.82, 2.24) is 0 Å². The third-order valence-electron chi connectivity index (χ3n) is 2.94. The number of anilines is 2. The van der Waals surface area contributed by atoms with Crippen molar-refractivity contribution in [1.29, 1.82) is 0 Å². The van der Waals surface area contributed by atoms with E-state index in [9.17, 15) is 4.79 Å². The Bertz CT molecular complexity index is 718. The SMILES string of the molecule is COc1ccc(C=O)c(N)c1.COc1ccc(CO)c(N)c1.[O]=[Mn]=[O]. The van der Waals surface area contributed by atoms with E-state index >= 15 is 0 Å². The van der Waals surface area contributed by atoms with Gasteiger partial charge in [0.15, 0.2) is 6.29 Å². The number of methoxy groups -OCH3 is 2. The summed E-state index contributed by atoms with van der Waals surface area (Å²) in [5.41, 5.74) is 13.3. The summed E-state index contributed by atoms with van der Waals surface area (Å²) >= 11 is -1.44. The fourth-order valence-electron chi connectivity index (χ4n) is 1.63. The first-order valence-electron chi connectivity index (χ1n) is 6.78. The predicted molar refractivity (Wildman–Crippen MR) is 87.5 cm³/mol. The molecule has 2 rings (SSSR count). The van der Waals surface area contributed by atoms with Gasteiger partial charge in [0.1, 0.15) is 11.5 Å². The first-order chi connectivity index (χ1) is 12.0. The molecule has 0 heterocycles. The molecule has 0 aliphatic rings. The molecule has 8 nitrogen and oxygen atoms in total. The van der Waals surface area contributed by atoms with Crippen molar-refractivity contribution in [3.63, 3.8) is 0 Å². The molecule has 0 fully saturated rings. The van der Waals surface area contributed by atoms with Crippen molar-refractivity contribution in [2.45, 2.75) is 6.61 Å². The molecule has 0 saturated heterocycles. The van der Waals surface area contributed by atoms with Crippen LogP contribution in [0.3, 0.4) is 0 Å². The van der Waals surface area contributed by atoms with Gasteiger partial charge in [-0.3, -0.25) is 4.79 Å². The van der Waals surface area contributed by atoms with E-state index in [0.717, 1.165) is 11.8 Å². The molecule has 0 aliphatic heterocycles. The summed E-state index contributed by atoms with van der Waals surface area (Å²) in [5, 5.41) is 8.76. The molecule has 0 aliphatic carbocycles. The number of hydrogen-bond acceptors (Lipinski definition) is 8. The summed E-state index contributed by atoms with van der Waals surface area (Å²) in [5.74, 6) is 1.37. The van der Waals surface area contributed by atoms with Gasteiger partial charge in [-0.05, 0) is 18.2 Å². The Morgan fingerprint density at radius 2 is 1.48 bits per heavy atom. The van der Waals surface area contributed by atoms with Crippen LogP contribution >= 0.6 is 0 Å². The van der Waals surface area contributed by atoms with Gasteiger partial charge in [0.05, 0.1) is 20.8 Å². The average Bonchev–Trinajstić information content (AvgIpc) is 2.62. The standard InChI is InChI=1S/C8H11NO2.C8H9NO2.Mn.2O/c2*1-11-7-3-2-6(5-10)8(9)4-7;;;/h2-4,10H,5,9H2,1H3;2-5H,9H2,1H3;;;. The molecule has 0 amide bonds. The number of rotatable bonds is 4. The van der Waals surface area contributed by atoms with Crippen molar-refractivity contribution >= 4 is 17.7 Å². The second kappa shape index (κ2) is 12.8. The molecule has 2 aromatic carbocycles. The molecule has 0 spiro atoms. The molecule has 0 saturated carbocycles. The Morgan fingerprint density at radius 1 is 1.00 bits per heavy atom. The summed E-state index contributed by atoms with van der Waals surface area (Å²) in [7, 11) is 3.13. The number of aliphatic hydroxyl groups is 1. The molecule has 5 N–H and O–H groups in total. The van der Waals surface area contributed by atoms with E-state index in [2.05, 4.69) is 0 Å². The van der Waals surface area contributed by atoms with Gasteiger partial charge in [-0.1, -0.05) is 6.07 Å². The van der Waals surface area contributed by atoms with Gasteiger partial charge in [0.2, 0.25) is 0 Å². The van der Waals surface area contributed by atoms with Gasteiger partial charge in [-0.2, -0.15) is 0 Å². The van der Waals surface area contributed by atoms with Crippen molar-refractivity contribution in [2.24, 2.45) is 0 Å². The molecule has 9 heteroatoms. The van der Waals surface area contributed by atoms with Crippen molar-refractivity contribution in [3.05, 3.63) is 47.5 Å². The number of hydrogen-bond donors (Lipinski definition) is 3. The van der Waals surface area contributed by atoms with E-state index < -0.39 is 14.8 Å². The summed E-state index contributed by atoms with van der Waals surface area (Å²) in [6.45, 7) is -0.0319. The molecule has 0 atom stereocenters. The van der Waals surface area contributed by atoms with Crippen LogP contribution in [0.1, 0.15) is 15.9 Å². The van der Waals surface area contributed by atoms with Crippen LogP contribution in [-0.4, -0.2) is 25.6 Å². The van der Waals surface area contributed by atoms with E-state index in [1.807, 2.05) is 0 Å². The predicted octanol–water partition coefficient (Wildman–Crippen LogP) is 1.62. The van der Waals surface area contributed by atoms with Crippen LogP contribution in [0.5, 0.6) is 11.5 Å². The summed E-state index contributed by atoms with van der Waals surface area (Å²) < 4.78 is 26.6. The van der Waals surface area contributed by atoms with Crippen LogP contribution in [-0.2, 0) is 29.1 Å². The minimum atomic E-state index is -1.44. The zero-order valence-electron chi connectivity index (χ0n) is 13.8. The summed E-state index contributed by atoms with van der Waals surface area (Å²) in [6, 6.07) is 10.1. The normalized spacial score (nSPS) is 8.76. The Kier molecular flexibility index (Phi) is 11.4. The number of benzene rings is 2. The zero-order chi connectivity index (χ0) is 19.2. The van der Waals surface area contributed by atoms with Gasteiger partial charge in [0.25, 0.3) is 0 Å². The average molecular weight is 391 g/mol. The number of carbonyl (C=O) groups excluding carboxylic acids is 1. The molecule has 0 aromatic heterocycles. The van der Waals surface area contributed by atoms with Crippen molar-refractivity contribution < 1.29 is 41.9 Å². The van der Waals surface area contributed by atoms with Crippen LogP contribution < -0.4 is 20.9 Å². The van der Waals surface area contributed by atoms with Gasteiger partial charge in [-0.15, -0.1) is 0 Å². The van der Waals surface area contributed by atoms with E-state index in [1.165, 1.54) is 0 Å². The Balaban J connectivity index is 0.000000399. The summed E-state index contributed by atoms with van der Waals surface area (Å²) in [6.07, 6.45) is 0.717. The number of ether oxygens (including phenoxy) is 2. The molecule has 2 aromatic rings. The van der Waals surface area contributed by atoms with E-state index in [1.54, 1.807) is 50.6 Å². The van der Waals surface area contributed by atoms with Gasteiger partial charge >= 0.3 is 22.5 Å². The van der Waals surface area contributed by atoms with Crippen LogP contribution in [0.2, 0.25) is 0 Å². The molecule has 25 heavy (non-hydrogen) atoms. The fraction of sp³-hybridized carbons (Fsp3) is 0.188. The minimum absolute atomic E-state index is 0.0319. The zero-order valence-corrected chi connectivity index (χ0v) is 15.0.